The highest BCUT2D eigenvalue weighted by molar-refractivity contribution is 6.25. The van der Waals surface area contributed by atoms with Crippen LogP contribution in [-0.4, -0.2) is 29.2 Å². The molecule has 1 aromatic carbocycles. The van der Waals surface area contributed by atoms with Crippen molar-refractivity contribution < 1.29 is 19.7 Å². The summed E-state index contributed by atoms with van der Waals surface area (Å²) in [5.74, 6) is 0.815. The van der Waals surface area contributed by atoms with Gasteiger partial charge in [0, 0.05) is 25.6 Å². The lowest BCUT2D eigenvalue weighted by atomic mass is 9.85. The first-order chi connectivity index (χ1) is 11.0. The molecule has 2 N–H and O–H groups in total. The lowest BCUT2D eigenvalue weighted by molar-refractivity contribution is -0.117. The van der Waals surface area contributed by atoms with Gasteiger partial charge in [0.15, 0.2) is 5.78 Å². The van der Waals surface area contributed by atoms with Gasteiger partial charge >= 0.3 is 0 Å². The number of aromatic hydroxyl groups is 1. The van der Waals surface area contributed by atoms with Crippen LogP contribution < -0.4 is 0 Å². The third-order valence-electron chi connectivity index (χ3n) is 5.07. The van der Waals surface area contributed by atoms with E-state index in [-0.39, 0.29) is 23.2 Å². The Morgan fingerprint density at radius 2 is 1.74 bits per heavy atom. The molecule has 1 heterocycles. The van der Waals surface area contributed by atoms with Gasteiger partial charge in [-0.1, -0.05) is 0 Å². The number of aryl methyl sites for hydroxylation is 2. The van der Waals surface area contributed by atoms with Crippen LogP contribution in [0.1, 0.15) is 42.4 Å². The van der Waals surface area contributed by atoms with Crippen molar-refractivity contribution in [1.82, 2.24) is 0 Å². The second-order valence-corrected chi connectivity index (χ2v) is 6.83. The van der Waals surface area contributed by atoms with Crippen LogP contribution in [0, 0.1) is 25.7 Å². The molecule has 1 aliphatic heterocycles. The van der Waals surface area contributed by atoms with Crippen molar-refractivity contribution in [2.24, 2.45) is 11.8 Å². The third-order valence-corrected chi connectivity index (χ3v) is 5.07. The van der Waals surface area contributed by atoms with Gasteiger partial charge in [-0.3, -0.25) is 4.79 Å². The highest BCUT2D eigenvalue weighted by Crippen LogP contribution is 2.40. The maximum atomic E-state index is 12.9. The van der Waals surface area contributed by atoms with Crippen LogP contribution in [0.3, 0.4) is 0 Å². The van der Waals surface area contributed by atoms with Crippen molar-refractivity contribution in [3.05, 3.63) is 34.6 Å². The minimum absolute atomic E-state index is 0.0471. The number of rotatable bonds is 3. The second kappa shape index (κ2) is 6.36. The molecule has 1 fully saturated rings. The van der Waals surface area contributed by atoms with Crippen molar-refractivity contribution in [2.75, 3.05) is 13.2 Å². The number of carbonyl (C=O) groups is 1. The maximum Gasteiger partial charge on any atom is 0.170 e. The van der Waals surface area contributed by atoms with Gasteiger partial charge < -0.3 is 14.9 Å². The molecule has 0 amide bonds. The standard InChI is InChI=1S/C19H24O4/c1-11-7-15(20)8-12(2)17(11)18-16(21)10-14(19(18)22)9-13-3-5-23-6-4-13/h7-8,13-14,20-21H,3-6,9-10H2,1-2H3. The first-order valence-electron chi connectivity index (χ1n) is 8.32. The Kier molecular flexibility index (Phi) is 4.44. The number of benzene rings is 1. The number of aliphatic hydroxyl groups excluding tert-OH is 1. The summed E-state index contributed by atoms with van der Waals surface area (Å²) in [6, 6.07) is 3.28. The molecule has 1 saturated heterocycles. The van der Waals surface area contributed by atoms with E-state index in [4.69, 9.17) is 4.74 Å². The fourth-order valence-electron chi connectivity index (χ4n) is 3.95. The molecule has 1 aliphatic carbocycles. The van der Waals surface area contributed by atoms with Crippen molar-refractivity contribution in [3.8, 4) is 5.75 Å². The second-order valence-electron chi connectivity index (χ2n) is 6.83. The Hall–Kier alpha value is -1.81. The van der Waals surface area contributed by atoms with Crippen LogP contribution in [0.5, 0.6) is 5.75 Å². The summed E-state index contributed by atoms with van der Waals surface area (Å²) in [6.07, 6.45) is 3.26. The zero-order valence-electron chi connectivity index (χ0n) is 13.8. The molecule has 1 atom stereocenters. The lowest BCUT2D eigenvalue weighted by Gasteiger charge is -2.24. The van der Waals surface area contributed by atoms with Gasteiger partial charge in [0.25, 0.3) is 0 Å². The topological polar surface area (TPSA) is 66.8 Å². The predicted octanol–water partition coefficient (Wildman–Crippen LogP) is 3.68. The van der Waals surface area contributed by atoms with E-state index in [2.05, 4.69) is 0 Å². The third kappa shape index (κ3) is 3.13. The van der Waals surface area contributed by atoms with Gasteiger partial charge in [-0.2, -0.15) is 0 Å². The largest absolute Gasteiger partial charge is 0.512 e. The molecule has 3 rings (SSSR count). The van der Waals surface area contributed by atoms with Gasteiger partial charge in [0.2, 0.25) is 0 Å². The molecule has 1 unspecified atom stereocenters. The van der Waals surface area contributed by atoms with Crippen LogP contribution in [0.25, 0.3) is 5.57 Å². The molecule has 4 nitrogen and oxygen atoms in total. The molecule has 4 heteroatoms. The SMILES string of the molecule is Cc1cc(O)cc(C)c1C1=C(O)CC(CC2CCOCC2)C1=O. The molecule has 0 bridgehead atoms. The average molecular weight is 316 g/mol. The molecule has 2 aliphatic rings. The fourth-order valence-corrected chi connectivity index (χ4v) is 3.95. The van der Waals surface area contributed by atoms with Gasteiger partial charge in [0.05, 0.1) is 5.57 Å². The highest BCUT2D eigenvalue weighted by Gasteiger charge is 2.36. The molecular weight excluding hydrogens is 292 g/mol. The van der Waals surface area contributed by atoms with Crippen LogP contribution >= 0.6 is 0 Å². The van der Waals surface area contributed by atoms with Crippen molar-refractivity contribution in [3.63, 3.8) is 0 Å². The summed E-state index contributed by atoms with van der Waals surface area (Å²) in [6.45, 7) is 5.27. The number of aliphatic hydroxyl groups is 1. The summed E-state index contributed by atoms with van der Waals surface area (Å²) in [5, 5.41) is 20.1. The number of Topliss-reactive ketones (excluding diaryl/α,β-unsaturated/α-hetero) is 1. The summed E-state index contributed by atoms with van der Waals surface area (Å²) in [7, 11) is 0. The minimum Gasteiger partial charge on any atom is -0.512 e. The quantitative estimate of drug-likeness (QED) is 0.892. The Labute approximate surface area is 136 Å². The van der Waals surface area contributed by atoms with Gasteiger partial charge in [-0.25, -0.2) is 0 Å². The number of ketones is 1. The minimum atomic E-state index is -0.124. The summed E-state index contributed by atoms with van der Waals surface area (Å²) < 4.78 is 5.38. The molecule has 23 heavy (non-hydrogen) atoms. The molecule has 124 valence electrons. The zero-order chi connectivity index (χ0) is 16.6. The summed E-state index contributed by atoms with van der Waals surface area (Å²) >= 11 is 0. The monoisotopic (exact) mass is 316 g/mol. The molecule has 0 aromatic heterocycles. The first-order valence-corrected chi connectivity index (χ1v) is 8.32. The van der Waals surface area contributed by atoms with Crippen LogP contribution in [-0.2, 0) is 9.53 Å². The van der Waals surface area contributed by atoms with Gasteiger partial charge in [0.1, 0.15) is 11.5 Å². The molecule has 0 saturated carbocycles. The molecule has 1 aromatic rings. The van der Waals surface area contributed by atoms with E-state index in [1.165, 1.54) is 0 Å². The Balaban J connectivity index is 1.83. The van der Waals surface area contributed by atoms with E-state index in [0.717, 1.165) is 49.2 Å². The molecule has 0 radical (unpaired) electrons. The van der Waals surface area contributed by atoms with Crippen molar-refractivity contribution >= 4 is 11.4 Å². The van der Waals surface area contributed by atoms with E-state index in [1.807, 2.05) is 13.8 Å². The molecule has 0 spiro atoms. The normalized spacial score (nSPS) is 22.9. The number of carbonyl (C=O) groups excluding carboxylic acids is 1. The van der Waals surface area contributed by atoms with E-state index in [0.29, 0.717) is 17.9 Å². The van der Waals surface area contributed by atoms with E-state index in [9.17, 15) is 15.0 Å². The maximum absolute atomic E-state index is 12.9. The summed E-state index contributed by atoms with van der Waals surface area (Å²) in [4.78, 5) is 12.9. The summed E-state index contributed by atoms with van der Waals surface area (Å²) in [5.41, 5.74) is 2.88. The van der Waals surface area contributed by atoms with Crippen LogP contribution in [0.4, 0.5) is 0 Å². The van der Waals surface area contributed by atoms with E-state index in [1.54, 1.807) is 12.1 Å². The fraction of sp³-hybridized carbons (Fsp3) is 0.526. The number of hydrogen-bond acceptors (Lipinski definition) is 4. The average Bonchev–Trinajstić information content (AvgIpc) is 2.75. The van der Waals surface area contributed by atoms with E-state index < -0.39 is 0 Å². The Bertz CT molecular complexity index is 630. The molecular formula is C19H24O4. The number of phenolic OH excluding ortho intramolecular Hbond substituents is 1. The Morgan fingerprint density at radius 1 is 1.13 bits per heavy atom. The van der Waals surface area contributed by atoms with Crippen LogP contribution in [0.15, 0.2) is 17.9 Å². The van der Waals surface area contributed by atoms with Crippen molar-refractivity contribution in [1.29, 1.82) is 0 Å². The lowest BCUT2D eigenvalue weighted by Crippen LogP contribution is -2.21. The van der Waals surface area contributed by atoms with Gasteiger partial charge in [-0.15, -0.1) is 0 Å². The number of ether oxygens (including phenoxy) is 1. The number of hydrogen-bond donors (Lipinski definition) is 2. The zero-order valence-corrected chi connectivity index (χ0v) is 13.8. The first kappa shape index (κ1) is 16.1. The highest BCUT2D eigenvalue weighted by atomic mass is 16.5. The van der Waals surface area contributed by atoms with Crippen LogP contribution in [0.2, 0.25) is 0 Å². The smallest absolute Gasteiger partial charge is 0.170 e. The van der Waals surface area contributed by atoms with Gasteiger partial charge in [-0.05, 0) is 67.9 Å². The predicted molar refractivity (Wildman–Crippen MR) is 88.4 cm³/mol. The number of phenols is 1. The van der Waals surface area contributed by atoms with Crippen molar-refractivity contribution in [2.45, 2.75) is 39.5 Å². The Morgan fingerprint density at radius 3 is 2.35 bits per heavy atom. The van der Waals surface area contributed by atoms with E-state index >= 15 is 0 Å². The number of allylic oxidation sites excluding steroid dienone is 2.